The second kappa shape index (κ2) is 13.0. The number of benzene rings is 1. The number of nitrogens with one attached hydrogen (secondary N) is 2. The Bertz CT molecular complexity index is 790. The molecule has 1 aromatic carbocycles. The van der Waals surface area contributed by atoms with Crippen LogP contribution in [0, 0.1) is 5.92 Å². The van der Waals surface area contributed by atoms with Crippen molar-refractivity contribution in [3.05, 3.63) is 29.8 Å². The highest BCUT2D eigenvalue weighted by Crippen LogP contribution is 2.16. The van der Waals surface area contributed by atoms with Gasteiger partial charge in [0.15, 0.2) is 5.96 Å². The van der Waals surface area contributed by atoms with E-state index in [-0.39, 0.29) is 47.8 Å². The van der Waals surface area contributed by atoms with Gasteiger partial charge in [-0.1, -0.05) is 26.0 Å². The average Bonchev–Trinajstić information content (AvgIpc) is 3.34. The van der Waals surface area contributed by atoms with E-state index in [0.717, 1.165) is 49.6 Å². The second-order valence-corrected chi connectivity index (χ2v) is 8.21. The Labute approximate surface area is 208 Å². The summed E-state index contributed by atoms with van der Waals surface area (Å²) >= 11 is 0. The summed E-state index contributed by atoms with van der Waals surface area (Å²) < 4.78 is 5.54. The van der Waals surface area contributed by atoms with Crippen molar-refractivity contribution in [3.63, 3.8) is 0 Å². The first kappa shape index (κ1) is 26.4. The minimum Gasteiger partial charge on any atom is -0.368 e. The Kier molecular flexibility index (Phi) is 10.7. The van der Waals surface area contributed by atoms with Gasteiger partial charge < -0.3 is 25.2 Å². The van der Waals surface area contributed by atoms with Gasteiger partial charge in [0.2, 0.25) is 5.91 Å². The highest BCUT2D eigenvalue weighted by atomic mass is 127. The van der Waals surface area contributed by atoms with Crippen LogP contribution >= 0.6 is 24.0 Å². The number of carbonyl (C=O) groups is 2. The molecule has 9 heteroatoms. The summed E-state index contributed by atoms with van der Waals surface area (Å²) in [6, 6.07) is 7.86. The fourth-order valence-electron chi connectivity index (χ4n) is 3.84. The van der Waals surface area contributed by atoms with Crippen LogP contribution in [0.5, 0.6) is 0 Å². The third-order valence-corrected chi connectivity index (χ3v) is 6.01. The number of hydrogen-bond donors (Lipinski definition) is 2. The second-order valence-electron chi connectivity index (χ2n) is 8.21. The molecule has 0 bridgehead atoms. The number of piperazine rings is 1. The number of aliphatic imine (C=N–C) groups is 1. The van der Waals surface area contributed by atoms with E-state index in [0.29, 0.717) is 26.2 Å². The topological polar surface area (TPSA) is 86.3 Å². The molecule has 2 heterocycles. The maximum Gasteiger partial charge on any atom is 0.251 e. The SMILES string of the molecule is CCC(C)C(=O)Nc1cccc(CNC(=NC)N2CCN(C(=O)C3CCCO3)CC2)c1.I. The van der Waals surface area contributed by atoms with Gasteiger partial charge in [-0.05, 0) is 37.0 Å². The summed E-state index contributed by atoms with van der Waals surface area (Å²) in [5, 5.41) is 6.39. The quantitative estimate of drug-likeness (QED) is 0.319. The number of guanidine groups is 1. The maximum absolute atomic E-state index is 12.5. The molecular formula is C23H36IN5O3. The zero-order chi connectivity index (χ0) is 22.2. The molecule has 2 atom stereocenters. The lowest BCUT2D eigenvalue weighted by molar-refractivity contribution is -0.142. The number of amides is 2. The largest absolute Gasteiger partial charge is 0.368 e. The van der Waals surface area contributed by atoms with E-state index in [1.807, 2.05) is 43.0 Å². The number of ether oxygens (including phenoxy) is 1. The van der Waals surface area contributed by atoms with E-state index in [9.17, 15) is 9.59 Å². The molecule has 0 radical (unpaired) electrons. The number of nitrogens with zero attached hydrogens (tertiary/aromatic N) is 3. The van der Waals surface area contributed by atoms with Crippen molar-refractivity contribution in [1.29, 1.82) is 0 Å². The maximum atomic E-state index is 12.5. The minimum atomic E-state index is -0.253. The predicted octanol–water partition coefficient (Wildman–Crippen LogP) is 2.69. The summed E-state index contributed by atoms with van der Waals surface area (Å²) in [7, 11) is 1.77. The molecule has 2 saturated heterocycles. The van der Waals surface area contributed by atoms with Crippen LogP contribution in [0.1, 0.15) is 38.7 Å². The van der Waals surface area contributed by atoms with Crippen LogP contribution in [0.2, 0.25) is 0 Å². The molecule has 0 spiro atoms. The third-order valence-electron chi connectivity index (χ3n) is 6.01. The van der Waals surface area contributed by atoms with Gasteiger partial charge in [-0.15, -0.1) is 24.0 Å². The van der Waals surface area contributed by atoms with Crippen molar-refractivity contribution in [2.24, 2.45) is 10.9 Å². The summed E-state index contributed by atoms with van der Waals surface area (Å²) in [6.07, 6.45) is 2.36. The van der Waals surface area contributed by atoms with Crippen molar-refractivity contribution in [2.75, 3.05) is 45.2 Å². The molecule has 2 amide bonds. The molecule has 0 aliphatic carbocycles. The van der Waals surface area contributed by atoms with Crippen molar-refractivity contribution < 1.29 is 14.3 Å². The first-order valence-corrected chi connectivity index (χ1v) is 11.3. The van der Waals surface area contributed by atoms with Gasteiger partial charge in [0.05, 0.1) is 0 Å². The van der Waals surface area contributed by atoms with Crippen LogP contribution in [-0.2, 0) is 20.9 Å². The summed E-state index contributed by atoms with van der Waals surface area (Å²) in [4.78, 5) is 33.2. The Hall–Kier alpha value is -1.88. The molecule has 0 aromatic heterocycles. The van der Waals surface area contributed by atoms with E-state index in [1.165, 1.54) is 0 Å². The third kappa shape index (κ3) is 7.06. The highest BCUT2D eigenvalue weighted by molar-refractivity contribution is 14.0. The standard InChI is InChI=1S/C23H35N5O3.HI/c1-4-17(2)21(29)26-19-8-5-7-18(15-19)16-25-23(24-3)28-12-10-27(11-13-28)22(30)20-9-6-14-31-20;/h5,7-8,15,17,20H,4,6,9-14,16H2,1-3H3,(H,24,25)(H,26,29);1H. The summed E-state index contributed by atoms with van der Waals surface area (Å²) in [6.45, 7) is 8.07. The van der Waals surface area contributed by atoms with Gasteiger partial charge in [0.1, 0.15) is 6.10 Å². The number of carbonyl (C=O) groups excluding carboxylic acids is 2. The van der Waals surface area contributed by atoms with E-state index >= 15 is 0 Å². The Morgan fingerprint density at radius 2 is 1.94 bits per heavy atom. The first-order chi connectivity index (χ1) is 15.0. The molecule has 8 nitrogen and oxygen atoms in total. The molecule has 2 unspecified atom stereocenters. The normalized spacial score (nSPS) is 19.8. The molecule has 3 rings (SSSR count). The molecule has 2 fully saturated rings. The molecule has 2 N–H and O–H groups in total. The zero-order valence-corrected chi connectivity index (χ0v) is 21.6. The molecule has 178 valence electrons. The van der Waals surface area contributed by atoms with Crippen LogP contribution < -0.4 is 10.6 Å². The molecule has 1 aromatic rings. The van der Waals surface area contributed by atoms with Crippen molar-refractivity contribution in [1.82, 2.24) is 15.1 Å². The Morgan fingerprint density at radius 1 is 1.22 bits per heavy atom. The predicted molar refractivity (Wildman–Crippen MR) is 137 cm³/mol. The lowest BCUT2D eigenvalue weighted by atomic mass is 10.1. The van der Waals surface area contributed by atoms with Crippen molar-refractivity contribution in [2.45, 2.75) is 45.8 Å². The van der Waals surface area contributed by atoms with Gasteiger partial charge >= 0.3 is 0 Å². The van der Waals surface area contributed by atoms with Crippen LogP contribution in [0.15, 0.2) is 29.3 Å². The Balaban J connectivity index is 0.00000363. The monoisotopic (exact) mass is 557 g/mol. The smallest absolute Gasteiger partial charge is 0.251 e. The van der Waals surface area contributed by atoms with Gasteiger partial charge in [-0.3, -0.25) is 14.6 Å². The Morgan fingerprint density at radius 3 is 2.56 bits per heavy atom. The number of halogens is 1. The molecule has 2 aliphatic rings. The van der Waals surface area contributed by atoms with E-state index < -0.39 is 0 Å². The molecular weight excluding hydrogens is 521 g/mol. The van der Waals surface area contributed by atoms with Crippen molar-refractivity contribution >= 4 is 47.4 Å². The lowest BCUT2D eigenvalue weighted by Gasteiger charge is -2.37. The van der Waals surface area contributed by atoms with Gasteiger partial charge in [-0.2, -0.15) is 0 Å². The summed E-state index contributed by atoms with van der Waals surface area (Å²) in [5.41, 5.74) is 1.87. The van der Waals surface area contributed by atoms with Crippen LogP contribution in [0.4, 0.5) is 5.69 Å². The fourth-order valence-corrected chi connectivity index (χ4v) is 3.84. The minimum absolute atomic E-state index is 0. The van der Waals surface area contributed by atoms with Gasteiger partial charge in [0.25, 0.3) is 5.91 Å². The molecule has 0 saturated carbocycles. The van der Waals surface area contributed by atoms with E-state index in [2.05, 4.69) is 20.5 Å². The summed E-state index contributed by atoms with van der Waals surface area (Å²) in [5.74, 6) is 0.972. The number of hydrogen-bond acceptors (Lipinski definition) is 4. The van der Waals surface area contributed by atoms with Crippen LogP contribution in [0.25, 0.3) is 0 Å². The van der Waals surface area contributed by atoms with E-state index in [1.54, 1.807) is 7.05 Å². The molecule has 2 aliphatic heterocycles. The highest BCUT2D eigenvalue weighted by Gasteiger charge is 2.30. The van der Waals surface area contributed by atoms with Crippen LogP contribution in [-0.4, -0.2) is 73.5 Å². The van der Waals surface area contributed by atoms with Crippen LogP contribution in [0.3, 0.4) is 0 Å². The lowest BCUT2D eigenvalue weighted by Crippen LogP contribution is -2.55. The zero-order valence-electron chi connectivity index (χ0n) is 19.3. The average molecular weight is 557 g/mol. The van der Waals surface area contributed by atoms with E-state index in [4.69, 9.17) is 4.74 Å². The fraction of sp³-hybridized carbons (Fsp3) is 0.609. The van der Waals surface area contributed by atoms with Gasteiger partial charge in [-0.25, -0.2) is 0 Å². The van der Waals surface area contributed by atoms with Crippen molar-refractivity contribution in [3.8, 4) is 0 Å². The number of rotatable bonds is 6. The van der Waals surface area contributed by atoms with Gasteiger partial charge in [0, 0.05) is 58.0 Å². The number of anilines is 1. The molecule has 32 heavy (non-hydrogen) atoms. The first-order valence-electron chi connectivity index (χ1n) is 11.3.